The minimum absolute atomic E-state index is 0.0156. The van der Waals surface area contributed by atoms with Crippen LogP contribution in [0.3, 0.4) is 0 Å². The van der Waals surface area contributed by atoms with Crippen molar-refractivity contribution < 1.29 is 4.79 Å². The average Bonchev–Trinajstić information content (AvgIpc) is 2.95. The molecule has 2 heterocycles. The van der Waals surface area contributed by atoms with E-state index in [0.717, 1.165) is 25.7 Å². The average molecular weight is 286 g/mol. The molecule has 0 radical (unpaired) electrons. The van der Waals surface area contributed by atoms with E-state index in [1.54, 1.807) is 23.1 Å². The number of aryl methyl sites for hydroxylation is 1. The van der Waals surface area contributed by atoms with Crippen LogP contribution in [0.2, 0.25) is 0 Å². The molecule has 0 bridgehead atoms. The van der Waals surface area contributed by atoms with Crippen molar-refractivity contribution in [2.45, 2.75) is 44.7 Å². The van der Waals surface area contributed by atoms with Gasteiger partial charge in [-0.05, 0) is 37.1 Å². The zero-order valence-corrected chi connectivity index (χ0v) is 11.9. The lowest BCUT2D eigenvalue weighted by Crippen LogP contribution is -2.44. The molecular weight excluding hydrogens is 268 g/mol. The van der Waals surface area contributed by atoms with E-state index in [1.807, 2.05) is 13.0 Å². The Balaban J connectivity index is 1.74. The molecule has 1 fully saturated rings. The third kappa shape index (κ3) is 3.07. The molecule has 1 aliphatic carbocycles. The van der Waals surface area contributed by atoms with E-state index in [9.17, 15) is 4.79 Å². The molecule has 0 aromatic carbocycles. The lowest BCUT2D eigenvalue weighted by molar-refractivity contribution is 0.0895. The second-order valence-electron chi connectivity index (χ2n) is 5.30. The SMILES string of the molecule is Cc1nnn([C@H]2CCCC[C@@H]2NC(=O)c2ccccn2)n1. The Kier molecular flexibility index (Phi) is 3.89. The van der Waals surface area contributed by atoms with Crippen molar-refractivity contribution in [1.29, 1.82) is 0 Å². The smallest absolute Gasteiger partial charge is 0.270 e. The van der Waals surface area contributed by atoms with E-state index in [1.165, 1.54) is 0 Å². The summed E-state index contributed by atoms with van der Waals surface area (Å²) >= 11 is 0. The van der Waals surface area contributed by atoms with Gasteiger partial charge in [-0.25, -0.2) is 0 Å². The van der Waals surface area contributed by atoms with Crippen LogP contribution in [0, 0.1) is 6.92 Å². The first-order valence-electron chi connectivity index (χ1n) is 7.22. The summed E-state index contributed by atoms with van der Waals surface area (Å²) < 4.78 is 0. The highest BCUT2D eigenvalue weighted by molar-refractivity contribution is 5.92. The Hall–Kier alpha value is -2.31. The zero-order chi connectivity index (χ0) is 14.7. The molecule has 110 valence electrons. The van der Waals surface area contributed by atoms with Crippen molar-refractivity contribution in [3.8, 4) is 0 Å². The van der Waals surface area contributed by atoms with E-state index in [4.69, 9.17) is 0 Å². The van der Waals surface area contributed by atoms with Crippen molar-refractivity contribution in [1.82, 2.24) is 30.5 Å². The van der Waals surface area contributed by atoms with Gasteiger partial charge in [0.1, 0.15) is 5.69 Å². The van der Waals surface area contributed by atoms with Crippen LogP contribution in [0.1, 0.15) is 48.0 Å². The fraction of sp³-hybridized carbons (Fsp3) is 0.500. The molecule has 1 aliphatic rings. The molecule has 1 N–H and O–H groups in total. The molecule has 0 unspecified atom stereocenters. The number of hydrogen-bond donors (Lipinski definition) is 1. The highest BCUT2D eigenvalue weighted by atomic mass is 16.2. The highest BCUT2D eigenvalue weighted by Crippen LogP contribution is 2.27. The van der Waals surface area contributed by atoms with Crippen LogP contribution < -0.4 is 5.32 Å². The predicted molar refractivity (Wildman–Crippen MR) is 75.6 cm³/mol. The first-order chi connectivity index (χ1) is 10.2. The standard InChI is InChI=1S/C14H18N6O/c1-10-17-19-20(18-10)13-8-3-2-6-11(13)16-14(21)12-7-4-5-9-15-12/h4-5,7,9,11,13H,2-3,6,8H2,1H3,(H,16,21)/t11-,13-/m0/s1. The molecule has 2 aromatic rings. The van der Waals surface area contributed by atoms with Gasteiger partial charge in [0.05, 0.1) is 12.1 Å². The van der Waals surface area contributed by atoms with Crippen molar-refractivity contribution in [3.63, 3.8) is 0 Å². The maximum absolute atomic E-state index is 12.3. The van der Waals surface area contributed by atoms with Crippen LogP contribution in [0.5, 0.6) is 0 Å². The third-order valence-corrected chi connectivity index (χ3v) is 3.77. The van der Waals surface area contributed by atoms with E-state index in [-0.39, 0.29) is 18.0 Å². The second kappa shape index (κ2) is 5.99. The molecule has 7 heteroatoms. The van der Waals surface area contributed by atoms with Crippen molar-refractivity contribution in [2.75, 3.05) is 0 Å². The number of carbonyl (C=O) groups excluding carboxylic acids is 1. The number of amides is 1. The Morgan fingerprint density at radius 3 is 2.90 bits per heavy atom. The summed E-state index contributed by atoms with van der Waals surface area (Å²) in [6, 6.07) is 5.39. The van der Waals surface area contributed by atoms with Crippen LogP contribution in [-0.2, 0) is 0 Å². The number of carbonyl (C=O) groups is 1. The molecule has 2 aromatic heterocycles. The van der Waals surface area contributed by atoms with Gasteiger partial charge in [-0.3, -0.25) is 9.78 Å². The van der Waals surface area contributed by atoms with Gasteiger partial charge >= 0.3 is 0 Å². The molecule has 21 heavy (non-hydrogen) atoms. The van der Waals surface area contributed by atoms with Gasteiger partial charge in [0.2, 0.25) is 0 Å². The Bertz CT molecular complexity index is 611. The van der Waals surface area contributed by atoms with Crippen LogP contribution in [0.25, 0.3) is 0 Å². The largest absolute Gasteiger partial charge is 0.346 e. The van der Waals surface area contributed by atoms with Crippen molar-refractivity contribution in [2.24, 2.45) is 0 Å². The van der Waals surface area contributed by atoms with Gasteiger partial charge in [-0.15, -0.1) is 10.2 Å². The van der Waals surface area contributed by atoms with Crippen LogP contribution in [0.4, 0.5) is 0 Å². The van der Waals surface area contributed by atoms with E-state index in [2.05, 4.69) is 25.7 Å². The molecule has 1 saturated carbocycles. The lowest BCUT2D eigenvalue weighted by atomic mass is 9.90. The number of hydrogen-bond acceptors (Lipinski definition) is 5. The Morgan fingerprint density at radius 1 is 1.33 bits per heavy atom. The summed E-state index contributed by atoms with van der Waals surface area (Å²) in [5, 5.41) is 15.4. The first-order valence-corrected chi connectivity index (χ1v) is 7.22. The summed E-state index contributed by atoms with van der Waals surface area (Å²) in [7, 11) is 0. The maximum Gasteiger partial charge on any atom is 0.270 e. The van der Waals surface area contributed by atoms with Crippen molar-refractivity contribution >= 4 is 5.91 Å². The number of tetrazole rings is 1. The van der Waals surface area contributed by atoms with Crippen LogP contribution >= 0.6 is 0 Å². The molecule has 0 spiro atoms. The van der Waals surface area contributed by atoms with Gasteiger partial charge in [0.25, 0.3) is 5.91 Å². The van der Waals surface area contributed by atoms with E-state index in [0.29, 0.717) is 11.5 Å². The molecule has 3 rings (SSSR count). The fourth-order valence-electron chi connectivity index (χ4n) is 2.73. The van der Waals surface area contributed by atoms with Crippen molar-refractivity contribution in [3.05, 3.63) is 35.9 Å². The predicted octanol–water partition coefficient (Wildman–Crippen LogP) is 1.29. The molecule has 1 amide bonds. The molecule has 0 aliphatic heterocycles. The summed E-state index contributed by atoms with van der Waals surface area (Å²) in [5.74, 6) is 0.500. The van der Waals surface area contributed by atoms with Gasteiger partial charge in [-0.2, -0.15) is 4.80 Å². The second-order valence-corrected chi connectivity index (χ2v) is 5.30. The molecule has 2 atom stereocenters. The number of nitrogens with one attached hydrogen (secondary N) is 1. The Labute approximate surface area is 122 Å². The topological polar surface area (TPSA) is 85.6 Å². The fourth-order valence-corrected chi connectivity index (χ4v) is 2.73. The van der Waals surface area contributed by atoms with Gasteiger partial charge < -0.3 is 5.32 Å². The first kappa shape index (κ1) is 13.7. The van der Waals surface area contributed by atoms with Gasteiger partial charge in [0.15, 0.2) is 5.82 Å². The summed E-state index contributed by atoms with van der Waals surface area (Å²) in [6.07, 6.45) is 5.70. The van der Waals surface area contributed by atoms with Gasteiger partial charge in [0, 0.05) is 6.20 Å². The maximum atomic E-state index is 12.3. The minimum atomic E-state index is -0.149. The molecular formula is C14H18N6O. The molecule has 7 nitrogen and oxygen atoms in total. The number of pyridine rings is 1. The highest BCUT2D eigenvalue weighted by Gasteiger charge is 2.30. The summed E-state index contributed by atoms with van der Waals surface area (Å²) in [6.45, 7) is 1.81. The zero-order valence-electron chi connectivity index (χ0n) is 11.9. The lowest BCUT2D eigenvalue weighted by Gasteiger charge is -2.30. The van der Waals surface area contributed by atoms with Crippen LogP contribution in [-0.4, -0.2) is 37.1 Å². The van der Waals surface area contributed by atoms with E-state index < -0.39 is 0 Å². The minimum Gasteiger partial charge on any atom is -0.346 e. The molecule has 0 saturated heterocycles. The number of nitrogens with zero attached hydrogens (tertiary/aromatic N) is 5. The van der Waals surface area contributed by atoms with Crippen LogP contribution in [0.15, 0.2) is 24.4 Å². The van der Waals surface area contributed by atoms with Gasteiger partial charge in [-0.1, -0.05) is 18.9 Å². The number of aromatic nitrogens is 5. The summed E-state index contributed by atoms with van der Waals surface area (Å²) in [5.41, 5.74) is 0.435. The quantitative estimate of drug-likeness (QED) is 0.919. The normalized spacial score (nSPS) is 22.0. The summed E-state index contributed by atoms with van der Waals surface area (Å²) in [4.78, 5) is 18.0. The number of rotatable bonds is 3. The van der Waals surface area contributed by atoms with E-state index >= 15 is 0 Å². The third-order valence-electron chi connectivity index (χ3n) is 3.77. The monoisotopic (exact) mass is 286 g/mol. The Morgan fingerprint density at radius 2 is 2.19 bits per heavy atom.